The van der Waals surface area contributed by atoms with Gasteiger partial charge in [0.05, 0.1) is 0 Å². The number of rotatable bonds is 3. The number of ketones is 1. The standard InChI is InChI=1S/C10H19NO/c1-9(12)5-6-10-4-3-7-11(2)8-10/h10H,3-8H2,1-2H3. The zero-order chi connectivity index (χ0) is 8.97. The third-order valence-corrected chi connectivity index (χ3v) is 2.63. The second kappa shape index (κ2) is 4.61. The zero-order valence-corrected chi connectivity index (χ0v) is 8.18. The highest BCUT2D eigenvalue weighted by atomic mass is 16.1. The van der Waals surface area contributed by atoms with E-state index in [-0.39, 0.29) is 0 Å². The maximum Gasteiger partial charge on any atom is 0.129 e. The number of piperidine rings is 1. The fraction of sp³-hybridized carbons (Fsp3) is 0.900. The molecule has 0 aromatic rings. The number of carbonyl (C=O) groups excluding carboxylic acids is 1. The number of carbonyl (C=O) groups is 1. The molecule has 0 bridgehead atoms. The van der Waals surface area contributed by atoms with E-state index in [0.29, 0.717) is 5.78 Å². The highest BCUT2D eigenvalue weighted by Crippen LogP contribution is 2.19. The number of hydrogen-bond acceptors (Lipinski definition) is 2. The summed E-state index contributed by atoms with van der Waals surface area (Å²) >= 11 is 0. The lowest BCUT2D eigenvalue weighted by Gasteiger charge is -2.29. The summed E-state index contributed by atoms with van der Waals surface area (Å²) in [5.41, 5.74) is 0. The Labute approximate surface area is 74.9 Å². The van der Waals surface area contributed by atoms with E-state index >= 15 is 0 Å². The molecule has 1 saturated heterocycles. The molecule has 12 heavy (non-hydrogen) atoms. The van der Waals surface area contributed by atoms with Gasteiger partial charge in [0.1, 0.15) is 5.78 Å². The summed E-state index contributed by atoms with van der Waals surface area (Å²) in [4.78, 5) is 13.1. The van der Waals surface area contributed by atoms with Crippen LogP contribution < -0.4 is 0 Å². The van der Waals surface area contributed by atoms with Gasteiger partial charge >= 0.3 is 0 Å². The summed E-state index contributed by atoms with van der Waals surface area (Å²) in [5.74, 6) is 1.11. The summed E-state index contributed by atoms with van der Waals surface area (Å²) in [6.07, 6.45) is 4.49. The van der Waals surface area contributed by atoms with Crippen molar-refractivity contribution >= 4 is 5.78 Å². The van der Waals surface area contributed by atoms with E-state index < -0.39 is 0 Å². The molecule has 2 nitrogen and oxygen atoms in total. The lowest BCUT2D eigenvalue weighted by molar-refractivity contribution is -0.117. The molecule has 0 amide bonds. The van der Waals surface area contributed by atoms with Gasteiger partial charge in [0.2, 0.25) is 0 Å². The van der Waals surface area contributed by atoms with Crippen molar-refractivity contribution in [3.8, 4) is 0 Å². The van der Waals surface area contributed by atoms with Crippen LogP contribution in [0.25, 0.3) is 0 Å². The van der Waals surface area contributed by atoms with Crippen molar-refractivity contribution in [3.05, 3.63) is 0 Å². The average Bonchev–Trinajstić information content (AvgIpc) is 2.01. The molecule has 1 aliphatic rings. The first kappa shape index (κ1) is 9.72. The quantitative estimate of drug-likeness (QED) is 0.641. The summed E-state index contributed by atoms with van der Waals surface area (Å²) in [6, 6.07) is 0. The number of Topliss-reactive ketones (excluding diaryl/α,β-unsaturated/α-hetero) is 1. The Hall–Kier alpha value is -0.370. The largest absolute Gasteiger partial charge is 0.306 e. The maximum atomic E-state index is 10.8. The molecule has 1 fully saturated rings. The van der Waals surface area contributed by atoms with Gasteiger partial charge in [0.15, 0.2) is 0 Å². The Morgan fingerprint density at radius 3 is 2.92 bits per heavy atom. The Morgan fingerprint density at radius 1 is 1.58 bits per heavy atom. The van der Waals surface area contributed by atoms with E-state index in [1.165, 1.54) is 25.9 Å². The van der Waals surface area contributed by atoms with Crippen LogP contribution in [0.3, 0.4) is 0 Å². The Bertz CT molecular complexity index is 156. The minimum absolute atomic E-state index is 0.336. The van der Waals surface area contributed by atoms with Crippen LogP contribution in [0.1, 0.15) is 32.6 Å². The number of likely N-dealkylation sites (tertiary alicyclic amines) is 1. The van der Waals surface area contributed by atoms with Crippen molar-refractivity contribution in [2.75, 3.05) is 20.1 Å². The number of nitrogens with zero attached hydrogens (tertiary/aromatic N) is 1. The van der Waals surface area contributed by atoms with Gasteiger partial charge in [0, 0.05) is 13.0 Å². The normalized spacial score (nSPS) is 25.7. The van der Waals surface area contributed by atoms with Crippen molar-refractivity contribution in [2.24, 2.45) is 5.92 Å². The van der Waals surface area contributed by atoms with Gasteiger partial charge in [-0.15, -0.1) is 0 Å². The maximum absolute atomic E-state index is 10.8. The van der Waals surface area contributed by atoms with Crippen molar-refractivity contribution in [2.45, 2.75) is 32.6 Å². The summed E-state index contributed by atoms with van der Waals surface area (Å²) in [7, 11) is 2.17. The molecular weight excluding hydrogens is 150 g/mol. The first-order valence-corrected chi connectivity index (χ1v) is 4.86. The van der Waals surface area contributed by atoms with Gasteiger partial charge in [0.25, 0.3) is 0 Å². The summed E-state index contributed by atoms with van der Waals surface area (Å²) < 4.78 is 0. The second-order valence-electron chi connectivity index (χ2n) is 4.01. The van der Waals surface area contributed by atoms with Gasteiger partial charge < -0.3 is 9.69 Å². The molecule has 0 saturated carbocycles. The van der Waals surface area contributed by atoms with Crippen LogP contribution in [0.4, 0.5) is 0 Å². The molecule has 2 heteroatoms. The molecule has 0 aromatic carbocycles. The molecule has 1 heterocycles. The summed E-state index contributed by atoms with van der Waals surface area (Å²) in [6.45, 7) is 4.11. The predicted octanol–water partition coefficient (Wildman–Crippen LogP) is 1.70. The van der Waals surface area contributed by atoms with Gasteiger partial charge in [-0.3, -0.25) is 0 Å². The highest BCUT2D eigenvalue weighted by Gasteiger charge is 2.16. The van der Waals surface area contributed by atoms with E-state index in [9.17, 15) is 4.79 Å². The topological polar surface area (TPSA) is 20.3 Å². The fourth-order valence-corrected chi connectivity index (χ4v) is 1.92. The molecule has 0 spiro atoms. The van der Waals surface area contributed by atoms with Crippen molar-refractivity contribution < 1.29 is 4.79 Å². The summed E-state index contributed by atoms with van der Waals surface area (Å²) in [5, 5.41) is 0. The molecule has 1 unspecified atom stereocenters. The third kappa shape index (κ3) is 3.35. The molecule has 1 atom stereocenters. The van der Waals surface area contributed by atoms with Crippen LogP contribution in [-0.4, -0.2) is 30.8 Å². The van der Waals surface area contributed by atoms with E-state index in [1.54, 1.807) is 6.92 Å². The third-order valence-electron chi connectivity index (χ3n) is 2.63. The van der Waals surface area contributed by atoms with Crippen LogP contribution >= 0.6 is 0 Å². The van der Waals surface area contributed by atoms with Crippen molar-refractivity contribution in [1.29, 1.82) is 0 Å². The van der Waals surface area contributed by atoms with E-state index in [1.807, 2.05) is 0 Å². The molecule has 1 aliphatic heterocycles. The Balaban J connectivity index is 2.18. The smallest absolute Gasteiger partial charge is 0.129 e. The molecule has 0 N–H and O–H groups in total. The first-order valence-electron chi connectivity index (χ1n) is 4.86. The zero-order valence-electron chi connectivity index (χ0n) is 8.18. The molecule has 0 aliphatic carbocycles. The van der Waals surface area contributed by atoms with E-state index in [4.69, 9.17) is 0 Å². The number of hydrogen-bond donors (Lipinski definition) is 0. The van der Waals surface area contributed by atoms with Gasteiger partial charge in [-0.1, -0.05) is 0 Å². The van der Waals surface area contributed by atoms with Crippen LogP contribution in [0.5, 0.6) is 0 Å². The van der Waals surface area contributed by atoms with Gasteiger partial charge in [-0.05, 0) is 45.7 Å². The van der Waals surface area contributed by atoms with Crippen LogP contribution in [0.15, 0.2) is 0 Å². The Morgan fingerprint density at radius 2 is 2.33 bits per heavy atom. The molecule has 0 radical (unpaired) electrons. The molecule has 70 valence electrons. The SMILES string of the molecule is CC(=O)CCC1CCCN(C)C1. The van der Waals surface area contributed by atoms with E-state index in [2.05, 4.69) is 11.9 Å². The lowest BCUT2D eigenvalue weighted by Crippen LogP contribution is -2.32. The average molecular weight is 169 g/mol. The fourth-order valence-electron chi connectivity index (χ4n) is 1.92. The predicted molar refractivity (Wildman–Crippen MR) is 50.1 cm³/mol. The lowest BCUT2D eigenvalue weighted by atomic mass is 9.93. The first-order chi connectivity index (χ1) is 5.68. The monoisotopic (exact) mass is 169 g/mol. The van der Waals surface area contributed by atoms with E-state index in [0.717, 1.165) is 18.8 Å². The van der Waals surface area contributed by atoms with Gasteiger partial charge in [-0.2, -0.15) is 0 Å². The Kier molecular flexibility index (Phi) is 3.73. The van der Waals surface area contributed by atoms with Crippen LogP contribution in [0, 0.1) is 5.92 Å². The molecule has 1 rings (SSSR count). The highest BCUT2D eigenvalue weighted by molar-refractivity contribution is 5.75. The van der Waals surface area contributed by atoms with Crippen molar-refractivity contribution in [3.63, 3.8) is 0 Å². The van der Waals surface area contributed by atoms with Crippen LogP contribution in [-0.2, 0) is 4.79 Å². The van der Waals surface area contributed by atoms with Gasteiger partial charge in [-0.25, -0.2) is 0 Å². The van der Waals surface area contributed by atoms with Crippen LogP contribution in [0.2, 0.25) is 0 Å². The minimum Gasteiger partial charge on any atom is -0.306 e. The second-order valence-corrected chi connectivity index (χ2v) is 4.01. The minimum atomic E-state index is 0.336. The molecular formula is C10H19NO. The van der Waals surface area contributed by atoms with Crippen molar-refractivity contribution in [1.82, 2.24) is 4.90 Å². The molecule has 0 aromatic heterocycles.